The summed E-state index contributed by atoms with van der Waals surface area (Å²) < 4.78 is 5.04. The van der Waals surface area contributed by atoms with E-state index in [0.29, 0.717) is 24.8 Å². The van der Waals surface area contributed by atoms with E-state index in [1.807, 2.05) is 13.8 Å². The van der Waals surface area contributed by atoms with E-state index < -0.39 is 22.5 Å². The number of carbonyl (C=O) groups excluding carboxylic acids is 2. The number of carbonyl (C=O) groups is 2. The number of aliphatic hydroxyl groups excluding tert-OH is 1. The molecule has 128 valence electrons. The first-order valence-electron chi connectivity index (χ1n) is 8.43. The van der Waals surface area contributed by atoms with Crippen LogP contribution in [0.2, 0.25) is 0 Å². The number of aliphatic hydroxyl groups is 2. The lowest BCUT2D eigenvalue weighted by Crippen LogP contribution is -2.65. The predicted octanol–water partition coefficient (Wildman–Crippen LogP) is 1.76. The van der Waals surface area contributed by atoms with Crippen LogP contribution in [0.3, 0.4) is 0 Å². The largest absolute Gasteiger partial charge is 0.469 e. The molecule has 3 rings (SSSR count). The Morgan fingerprint density at radius 1 is 1.30 bits per heavy atom. The van der Waals surface area contributed by atoms with Gasteiger partial charge in [0, 0.05) is 11.8 Å². The highest BCUT2D eigenvalue weighted by molar-refractivity contribution is 5.92. The van der Waals surface area contributed by atoms with E-state index in [2.05, 4.69) is 0 Å². The molecular weight excluding hydrogens is 296 g/mol. The van der Waals surface area contributed by atoms with Gasteiger partial charge in [-0.3, -0.25) is 9.59 Å². The van der Waals surface area contributed by atoms with Crippen LogP contribution < -0.4 is 0 Å². The van der Waals surface area contributed by atoms with Crippen LogP contribution in [0.1, 0.15) is 52.4 Å². The molecule has 0 heterocycles. The first kappa shape index (κ1) is 16.7. The summed E-state index contributed by atoms with van der Waals surface area (Å²) in [4.78, 5) is 24.2. The van der Waals surface area contributed by atoms with Crippen LogP contribution in [0.5, 0.6) is 0 Å². The van der Waals surface area contributed by atoms with Gasteiger partial charge in [0.25, 0.3) is 0 Å². The van der Waals surface area contributed by atoms with Gasteiger partial charge in [0.2, 0.25) is 0 Å². The third-order valence-corrected chi connectivity index (χ3v) is 6.87. The molecule has 3 aliphatic carbocycles. The lowest BCUT2D eigenvalue weighted by atomic mass is 9.43. The molecule has 0 aromatic carbocycles. The average molecular weight is 322 g/mol. The van der Waals surface area contributed by atoms with E-state index in [4.69, 9.17) is 4.74 Å². The van der Waals surface area contributed by atoms with Gasteiger partial charge < -0.3 is 14.9 Å². The van der Waals surface area contributed by atoms with Crippen molar-refractivity contribution in [2.24, 2.45) is 16.7 Å². The van der Waals surface area contributed by atoms with Gasteiger partial charge in [-0.25, -0.2) is 0 Å². The summed E-state index contributed by atoms with van der Waals surface area (Å²) in [6.07, 6.45) is 3.81. The lowest BCUT2D eigenvalue weighted by molar-refractivity contribution is -0.198. The molecule has 5 atom stereocenters. The zero-order chi connectivity index (χ0) is 17.0. The summed E-state index contributed by atoms with van der Waals surface area (Å²) in [7, 11) is 1.39. The molecule has 0 radical (unpaired) electrons. The molecule has 0 aromatic rings. The number of ketones is 1. The minimum Gasteiger partial charge on any atom is -0.469 e. The molecule has 0 amide bonds. The van der Waals surface area contributed by atoms with Gasteiger partial charge in [-0.15, -0.1) is 0 Å². The monoisotopic (exact) mass is 322 g/mol. The van der Waals surface area contributed by atoms with Crippen LogP contribution in [-0.4, -0.2) is 40.8 Å². The Bertz CT molecular complexity index is 582. The number of fused-ring (bicyclic) bond motifs is 3. The zero-order valence-corrected chi connectivity index (χ0v) is 14.1. The summed E-state index contributed by atoms with van der Waals surface area (Å²) in [6.45, 7) is 3.90. The molecule has 0 aromatic heterocycles. The highest BCUT2D eigenvalue weighted by Gasteiger charge is 2.66. The first-order valence-corrected chi connectivity index (χ1v) is 8.43. The SMILES string of the molecule is COC(=O)[C@]1(C)CCC[C@@]2(C)[C@H]1C[C@@H](O)C1=CC(=O)CC[C@]12O. The van der Waals surface area contributed by atoms with Crippen LogP contribution in [0.25, 0.3) is 0 Å². The topological polar surface area (TPSA) is 83.8 Å². The summed E-state index contributed by atoms with van der Waals surface area (Å²) in [5.74, 6) is -0.498. The second kappa shape index (κ2) is 5.15. The summed E-state index contributed by atoms with van der Waals surface area (Å²) in [5.41, 5.74) is -2.04. The first-order chi connectivity index (χ1) is 10.7. The maximum Gasteiger partial charge on any atom is 0.311 e. The van der Waals surface area contributed by atoms with Crippen molar-refractivity contribution in [3.63, 3.8) is 0 Å². The van der Waals surface area contributed by atoms with Crippen molar-refractivity contribution in [2.45, 2.75) is 64.1 Å². The molecule has 0 bridgehead atoms. The van der Waals surface area contributed by atoms with Gasteiger partial charge in [-0.05, 0) is 50.2 Å². The van der Waals surface area contributed by atoms with Crippen LogP contribution in [-0.2, 0) is 14.3 Å². The smallest absolute Gasteiger partial charge is 0.311 e. The van der Waals surface area contributed by atoms with Crippen LogP contribution in [0.4, 0.5) is 0 Å². The van der Waals surface area contributed by atoms with Crippen molar-refractivity contribution in [3.8, 4) is 0 Å². The average Bonchev–Trinajstić information content (AvgIpc) is 2.51. The molecule has 0 spiro atoms. The van der Waals surface area contributed by atoms with Crippen molar-refractivity contribution < 1.29 is 24.5 Å². The van der Waals surface area contributed by atoms with E-state index in [1.165, 1.54) is 13.2 Å². The summed E-state index contributed by atoms with van der Waals surface area (Å²) >= 11 is 0. The van der Waals surface area contributed by atoms with Gasteiger partial charge in [-0.1, -0.05) is 13.3 Å². The number of allylic oxidation sites excluding steroid dienone is 1. The molecule has 5 nitrogen and oxygen atoms in total. The van der Waals surface area contributed by atoms with Crippen molar-refractivity contribution in [3.05, 3.63) is 11.6 Å². The lowest BCUT2D eigenvalue weighted by Gasteiger charge is -2.62. The Hall–Kier alpha value is -1.20. The standard InChI is InChI=1S/C18H26O5/c1-16(15(21)23-3)6-4-7-17(2)14(16)10-13(20)12-9-11(19)5-8-18(12,17)22/h9,13-14,20,22H,4-8,10H2,1-3H3/t13-,14+,16-,17+,18+/m1/s1. The molecule has 0 aliphatic heterocycles. The van der Waals surface area contributed by atoms with E-state index >= 15 is 0 Å². The van der Waals surface area contributed by atoms with Gasteiger partial charge >= 0.3 is 5.97 Å². The molecular formula is C18H26O5. The Morgan fingerprint density at radius 3 is 2.65 bits per heavy atom. The molecule has 23 heavy (non-hydrogen) atoms. The fraction of sp³-hybridized carbons (Fsp3) is 0.778. The quantitative estimate of drug-likeness (QED) is 0.719. The third-order valence-electron chi connectivity index (χ3n) is 6.87. The highest BCUT2D eigenvalue weighted by Crippen LogP contribution is 2.64. The van der Waals surface area contributed by atoms with Crippen LogP contribution >= 0.6 is 0 Å². The number of methoxy groups -OCH3 is 1. The number of esters is 1. The Morgan fingerprint density at radius 2 is 2.00 bits per heavy atom. The van der Waals surface area contributed by atoms with Gasteiger partial charge in [0.05, 0.1) is 24.2 Å². The maximum absolute atomic E-state index is 12.5. The van der Waals surface area contributed by atoms with E-state index in [1.54, 1.807) is 0 Å². The number of hydrogen-bond donors (Lipinski definition) is 2. The second-order valence-electron chi connectivity index (χ2n) is 7.91. The highest BCUT2D eigenvalue weighted by atomic mass is 16.5. The van der Waals surface area contributed by atoms with Gasteiger partial charge in [0.1, 0.15) is 0 Å². The Kier molecular flexibility index (Phi) is 3.73. The molecule has 2 saturated carbocycles. The fourth-order valence-electron chi connectivity index (χ4n) is 5.52. The maximum atomic E-state index is 12.5. The summed E-state index contributed by atoms with van der Waals surface area (Å²) in [5, 5.41) is 22.1. The zero-order valence-electron chi connectivity index (χ0n) is 14.1. The third kappa shape index (κ3) is 2.06. The van der Waals surface area contributed by atoms with Gasteiger partial charge in [-0.2, -0.15) is 0 Å². The van der Waals surface area contributed by atoms with Crippen molar-refractivity contribution in [1.29, 1.82) is 0 Å². The Labute approximate surface area is 136 Å². The van der Waals surface area contributed by atoms with E-state index in [9.17, 15) is 19.8 Å². The molecule has 2 fully saturated rings. The number of hydrogen-bond acceptors (Lipinski definition) is 5. The van der Waals surface area contributed by atoms with E-state index in [0.717, 1.165) is 12.8 Å². The Balaban J connectivity index is 2.12. The van der Waals surface area contributed by atoms with Crippen LogP contribution in [0.15, 0.2) is 11.6 Å². The predicted molar refractivity (Wildman–Crippen MR) is 83.5 cm³/mol. The van der Waals surface area contributed by atoms with Gasteiger partial charge in [0.15, 0.2) is 5.78 Å². The number of ether oxygens (including phenoxy) is 1. The van der Waals surface area contributed by atoms with E-state index in [-0.39, 0.29) is 24.1 Å². The molecule has 0 saturated heterocycles. The van der Waals surface area contributed by atoms with Crippen molar-refractivity contribution >= 4 is 11.8 Å². The van der Waals surface area contributed by atoms with Crippen molar-refractivity contribution in [2.75, 3.05) is 7.11 Å². The van der Waals surface area contributed by atoms with Crippen LogP contribution in [0, 0.1) is 16.7 Å². The molecule has 0 unspecified atom stereocenters. The molecule has 2 N–H and O–H groups in total. The molecule has 3 aliphatic rings. The van der Waals surface area contributed by atoms with Crippen molar-refractivity contribution in [1.82, 2.24) is 0 Å². The second-order valence-corrected chi connectivity index (χ2v) is 7.91. The molecule has 5 heteroatoms. The minimum absolute atomic E-state index is 0.0442. The summed E-state index contributed by atoms with van der Waals surface area (Å²) in [6, 6.07) is 0. The number of rotatable bonds is 1. The normalized spacial score (nSPS) is 46.5. The fourth-order valence-corrected chi connectivity index (χ4v) is 5.52. The minimum atomic E-state index is -1.22.